The standard InChI is InChI=1S/C43H30N4/c1-2-7-20-36-33(17-6-1)39-41(44-37-21-10-9-19-35(37)42(39)45-36)32-16-12-15-31(27-32)40-34-18-8-11-22-38(34)46-43(47-40)30-25-23-29(24-26-30)28-13-4-3-5-14-28/h1-5,7-16,18-27,33H,6,17H2. The topological polar surface area (TPSA) is 51.0 Å². The third-order valence-corrected chi connectivity index (χ3v) is 9.25. The summed E-state index contributed by atoms with van der Waals surface area (Å²) in [5.74, 6) is 0.910. The Morgan fingerprint density at radius 2 is 1.17 bits per heavy atom. The zero-order chi connectivity index (χ0) is 31.2. The lowest BCUT2D eigenvalue weighted by molar-refractivity contribution is 0.795. The first-order valence-corrected chi connectivity index (χ1v) is 16.2. The van der Waals surface area contributed by atoms with Crippen molar-refractivity contribution in [1.82, 2.24) is 15.0 Å². The normalized spacial score (nSPS) is 15.2. The van der Waals surface area contributed by atoms with Crippen LogP contribution in [0.5, 0.6) is 0 Å². The number of hydrogen-bond donors (Lipinski definition) is 0. The molecule has 0 N–H and O–H groups in total. The molecule has 0 fully saturated rings. The fourth-order valence-corrected chi connectivity index (χ4v) is 6.95. The highest BCUT2D eigenvalue weighted by Crippen LogP contribution is 2.48. The monoisotopic (exact) mass is 602 g/mol. The molecule has 2 aliphatic rings. The molecular weight excluding hydrogens is 573 g/mol. The van der Waals surface area contributed by atoms with E-state index in [4.69, 9.17) is 19.9 Å². The van der Waals surface area contributed by atoms with Crippen molar-refractivity contribution in [1.29, 1.82) is 0 Å². The minimum atomic E-state index is 0.201. The van der Waals surface area contributed by atoms with Gasteiger partial charge in [0.25, 0.3) is 0 Å². The third kappa shape index (κ3) is 4.86. The van der Waals surface area contributed by atoms with Crippen molar-refractivity contribution in [2.45, 2.75) is 18.8 Å². The first-order valence-electron chi connectivity index (χ1n) is 16.2. The molecule has 1 aliphatic carbocycles. The van der Waals surface area contributed by atoms with Gasteiger partial charge >= 0.3 is 0 Å². The summed E-state index contributed by atoms with van der Waals surface area (Å²) in [7, 11) is 0. The Morgan fingerprint density at radius 1 is 0.511 bits per heavy atom. The predicted molar refractivity (Wildman–Crippen MR) is 194 cm³/mol. The van der Waals surface area contributed by atoms with Crippen LogP contribution in [0.3, 0.4) is 0 Å². The Bertz CT molecular complexity index is 2400. The number of fused-ring (bicyclic) bond motifs is 6. The second-order valence-corrected chi connectivity index (χ2v) is 12.1. The number of pyridine rings is 1. The number of allylic oxidation sites excluding steroid dienone is 4. The maximum atomic E-state index is 5.31. The van der Waals surface area contributed by atoms with Gasteiger partial charge in [-0.15, -0.1) is 0 Å². The first kappa shape index (κ1) is 27.3. The van der Waals surface area contributed by atoms with Crippen LogP contribution in [0.1, 0.15) is 24.3 Å². The molecule has 47 heavy (non-hydrogen) atoms. The van der Waals surface area contributed by atoms with E-state index in [0.29, 0.717) is 5.82 Å². The van der Waals surface area contributed by atoms with Gasteiger partial charge in [-0.3, -0.25) is 4.99 Å². The van der Waals surface area contributed by atoms with E-state index in [-0.39, 0.29) is 5.92 Å². The van der Waals surface area contributed by atoms with Crippen LogP contribution >= 0.6 is 0 Å². The number of nitrogens with zero attached hydrogens (tertiary/aromatic N) is 4. The molecule has 4 nitrogen and oxygen atoms in total. The van der Waals surface area contributed by atoms with Crippen molar-refractivity contribution in [2.75, 3.05) is 0 Å². The summed E-state index contributed by atoms with van der Waals surface area (Å²) >= 11 is 0. The Morgan fingerprint density at radius 3 is 2.00 bits per heavy atom. The van der Waals surface area contributed by atoms with Crippen molar-refractivity contribution < 1.29 is 0 Å². The maximum absolute atomic E-state index is 5.31. The lowest BCUT2D eigenvalue weighted by Crippen LogP contribution is -2.08. The highest BCUT2D eigenvalue weighted by molar-refractivity contribution is 6.12. The molecule has 1 unspecified atom stereocenters. The van der Waals surface area contributed by atoms with Gasteiger partial charge in [0.1, 0.15) is 0 Å². The van der Waals surface area contributed by atoms with E-state index in [2.05, 4.69) is 140 Å². The number of rotatable bonds is 4. The van der Waals surface area contributed by atoms with Crippen LogP contribution in [0.4, 0.5) is 5.69 Å². The highest BCUT2D eigenvalue weighted by Gasteiger charge is 2.31. The average Bonchev–Trinajstić information content (AvgIpc) is 3.48. The maximum Gasteiger partial charge on any atom is 0.160 e. The number of hydrogen-bond acceptors (Lipinski definition) is 4. The van der Waals surface area contributed by atoms with Gasteiger partial charge in [-0.05, 0) is 48.2 Å². The molecule has 1 atom stereocenters. The molecule has 0 spiro atoms. The van der Waals surface area contributed by atoms with Gasteiger partial charge < -0.3 is 0 Å². The highest BCUT2D eigenvalue weighted by atomic mass is 14.9. The minimum Gasteiger partial charge on any atom is -0.252 e. The average molecular weight is 603 g/mol. The quantitative estimate of drug-likeness (QED) is 0.201. The zero-order valence-electron chi connectivity index (χ0n) is 25.7. The van der Waals surface area contributed by atoms with Crippen molar-refractivity contribution >= 4 is 33.2 Å². The van der Waals surface area contributed by atoms with Crippen LogP contribution < -0.4 is 0 Å². The molecule has 2 aromatic heterocycles. The van der Waals surface area contributed by atoms with E-state index in [1.54, 1.807) is 0 Å². The molecule has 5 aromatic carbocycles. The van der Waals surface area contributed by atoms with Crippen molar-refractivity contribution in [3.05, 3.63) is 157 Å². The Kier molecular flexibility index (Phi) is 6.64. The lowest BCUT2D eigenvalue weighted by Gasteiger charge is -2.18. The van der Waals surface area contributed by atoms with E-state index in [9.17, 15) is 0 Å². The van der Waals surface area contributed by atoms with Crippen molar-refractivity contribution in [2.24, 2.45) is 4.99 Å². The van der Waals surface area contributed by atoms with E-state index in [1.807, 2.05) is 12.1 Å². The molecule has 0 bridgehead atoms. The molecule has 222 valence electrons. The van der Waals surface area contributed by atoms with E-state index >= 15 is 0 Å². The van der Waals surface area contributed by atoms with Crippen molar-refractivity contribution in [3.8, 4) is 45.0 Å². The number of para-hydroxylation sites is 2. The lowest BCUT2D eigenvalue weighted by atomic mass is 9.86. The van der Waals surface area contributed by atoms with E-state index < -0.39 is 0 Å². The fourth-order valence-electron chi connectivity index (χ4n) is 6.95. The van der Waals surface area contributed by atoms with Crippen LogP contribution in [-0.4, -0.2) is 20.7 Å². The second-order valence-electron chi connectivity index (χ2n) is 12.1. The van der Waals surface area contributed by atoms with E-state index in [0.717, 1.165) is 74.1 Å². The summed E-state index contributed by atoms with van der Waals surface area (Å²) in [5, 5.41) is 2.13. The number of aromatic nitrogens is 3. The van der Waals surface area contributed by atoms with Crippen LogP contribution in [0.15, 0.2) is 157 Å². The molecule has 0 saturated heterocycles. The molecule has 3 heterocycles. The largest absolute Gasteiger partial charge is 0.252 e. The minimum absolute atomic E-state index is 0.201. The fraction of sp³-hybridized carbons (Fsp3) is 0.0698. The van der Waals surface area contributed by atoms with Gasteiger partial charge in [-0.2, -0.15) is 0 Å². The predicted octanol–water partition coefficient (Wildman–Crippen LogP) is 10.9. The summed E-state index contributed by atoms with van der Waals surface area (Å²) in [4.78, 5) is 20.8. The molecule has 0 amide bonds. The Labute approximate surface area is 273 Å². The molecule has 4 heteroatoms. The number of aliphatic imine (C=N–C) groups is 1. The van der Waals surface area contributed by atoms with Crippen LogP contribution in [-0.2, 0) is 0 Å². The van der Waals surface area contributed by atoms with E-state index in [1.165, 1.54) is 16.7 Å². The van der Waals surface area contributed by atoms with Crippen LogP contribution in [0, 0.1) is 0 Å². The van der Waals surface area contributed by atoms with Gasteiger partial charge in [-0.1, -0.05) is 127 Å². The van der Waals surface area contributed by atoms with Gasteiger partial charge in [0.05, 0.1) is 28.1 Å². The molecule has 0 radical (unpaired) electrons. The molecule has 0 saturated carbocycles. The molecular formula is C43H30N4. The Hall–Kier alpha value is -6.00. The zero-order valence-corrected chi connectivity index (χ0v) is 25.7. The van der Waals surface area contributed by atoms with Gasteiger partial charge in [0.2, 0.25) is 0 Å². The SMILES string of the molecule is C1=CCCC2C(=Nc3c2c(-c2cccc(-c4nc(-c5ccc(-c6ccccc6)cc5)nc5ccccc45)c2)nc2ccccc32)C=C1. The molecule has 1 aliphatic heterocycles. The summed E-state index contributed by atoms with van der Waals surface area (Å²) < 4.78 is 0. The van der Waals surface area contributed by atoms with Crippen LogP contribution in [0.2, 0.25) is 0 Å². The summed E-state index contributed by atoms with van der Waals surface area (Å²) in [6, 6.07) is 44.3. The van der Waals surface area contributed by atoms with Gasteiger partial charge in [-0.25, -0.2) is 15.0 Å². The Balaban J connectivity index is 1.18. The summed E-state index contributed by atoms with van der Waals surface area (Å²) in [6.45, 7) is 0. The first-order chi connectivity index (χ1) is 23.3. The summed E-state index contributed by atoms with van der Waals surface area (Å²) in [5.41, 5.74) is 12.6. The third-order valence-electron chi connectivity index (χ3n) is 9.25. The number of benzene rings is 5. The van der Waals surface area contributed by atoms with Gasteiger partial charge in [0, 0.05) is 44.7 Å². The molecule has 7 aromatic rings. The van der Waals surface area contributed by atoms with Gasteiger partial charge in [0.15, 0.2) is 5.82 Å². The summed E-state index contributed by atoms with van der Waals surface area (Å²) in [6.07, 6.45) is 10.6. The van der Waals surface area contributed by atoms with Crippen LogP contribution in [0.25, 0.3) is 66.8 Å². The second kappa shape index (κ2) is 11.4. The van der Waals surface area contributed by atoms with Crippen molar-refractivity contribution in [3.63, 3.8) is 0 Å². The molecule has 9 rings (SSSR count). The smallest absolute Gasteiger partial charge is 0.160 e.